The molecule has 152 valence electrons. The Labute approximate surface area is 193 Å². The summed E-state index contributed by atoms with van der Waals surface area (Å²) in [6.45, 7) is 4.84. The van der Waals surface area contributed by atoms with Gasteiger partial charge in [0.25, 0.3) is 0 Å². The van der Waals surface area contributed by atoms with Crippen molar-refractivity contribution in [3.05, 3.63) is 55.1 Å². The van der Waals surface area contributed by atoms with Crippen LogP contribution in [0, 0.1) is 0 Å². The van der Waals surface area contributed by atoms with Gasteiger partial charge in [-0.05, 0) is 76.0 Å². The van der Waals surface area contributed by atoms with Crippen molar-refractivity contribution >= 4 is 70.9 Å². The maximum Gasteiger partial charge on any atom is 0.307 e. The summed E-state index contributed by atoms with van der Waals surface area (Å²) in [5.74, 6) is 0.962. The number of hydrazone groups is 1. The molecule has 3 rings (SSSR count). The largest absolute Gasteiger partial charge is 0.490 e. The molecule has 0 atom stereocenters. The number of halogens is 3. The average Bonchev–Trinajstić information content (AvgIpc) is 3.10. The smallest absolute Gasteiger partial charge is 0.307 e. The molecule has 3 aromatic rings. The molecule has 1 N–H and O–H groups in total. The molecule has 0 spiro atoms. The van der Waals surface area contributed by atoms with E-state index in [1.165, 1.54) is 6.21 Å². The van der Waals surface area contributed by atoms with Crippen molar-refractivity contribution in [3.8, 4) is 11.5 Å². The number of rotatable bonds is 7. The maximum atomic E-state index is 12.4. The van der Waals surface area contributed by atoms with E-state index in [1.807, 2.05) is 32.0 Å². The second-order valence-corrected chi connectivity index (χ2v) is 8.43. The van der Waals surface area contributed by atoms with Gasteiger partial charge in [0.05, 0.1) is 23.9 Å². The van der Waals surface area contributed by atoms with E-state index < -0.39 is 5.91 Å². The number of amides is 1. The minimum atomic E-state index is -0.451. The molecule has 2 aromatic carbocycles. The lowest BCUT2D eigenvalue weighted by Crippen LogP contribution is -2.16. The molecular weight excluding hydrogens is 572 g/mol. The molecule has 0 aliphatic carbocycles. The number of furan rings is 1. The molecule has 0 aliphatic rings. The molecule has 0 saturated heterocycles. The highest BCUT2D eigenvalue weighted by Crippen LogP contribution is 2.33. The molecule has 0 aliphatic heterocycles. The van der Waals surface area contributed by atoms with E-state index in [-0.39, 0.29) is 5.76 Å². The van der Waals surface area contributed by atoms with Crippen LogP contribution in [0.15, 0.2) is 53.3 Å². The molecule has 0 saturated carbocycles. The molecule has 6 nitrogen and oxygen atoms in total. The summed E-state index contributed by atoms with van der Waals surface area (Å²) in [6.07, 6.45) is 1.52. The Bertz CT molecular complexity index is 1080. The zero-order valence-corrected chi connectivity index (χ0v) is 20.4. The number of carbonyl (C=O) groups excluding carboxylic acids is 1. The highest BCUT2D eigenvalue weighted by Gasteiger charge is 2.14. The van der Waals surface area contributed by atoms with Gasteiger partial charge in [-0.2, -0.15) is 5.10 Å². The highest BCUT2D eigenvalue weighted by molar-refractivity contribution is 9.11. The summed E-state index contributed by atoms with van der Waals surface area (Å²) in [6, 6.07) is 8.99. The predicted molar refractivity (Wildman–Crippen MR) is 123 cm³/mol. The first-order chi connectivity index (χ1) is 13.9. The van der Waals surface area contributed by atoms with Crippen molar-refractivity contribution in [1.29, 1.82) is 0 Å². The van der Waals surface area contributed by atoms with Crippen LogP contribution in [0.3, 0.4) is 0 Å². The number of fused-ring (bicyclic) bond motifs is 1. The van der Waals surface area contributed by atoms with Crippen molar-refractivity contribution in [2.75, 3.05) is 13.2 Å². The molecule has 1 aromatic heterocycles. The molecule has 0 bridgehead atoms. The lowest BCUT2D eigenvalue weighted by molar-refractivity contribution is 0.0929. The fourth-order valence-corrected chi connectivity index (χ4v) is 4.35. The van der Waals surface area contributed by atoms with Gasteiger partial charge in [0.1, 0.15) is 5.58 Å². The van der Waals surface area contributed by atoms with Gasteiger partial charge in [-0.3, -0.25) is 4.79 Å². The Kier molecular flexibility index (Phi) is 7.37. The number of nitrogens with zero attached hydrogens (tertiary/aromatic N) is 1. The van der Waals surface area contributed by atoms with Crippen molar-refractivity contribution < 1.29 is 18.7 Å². The van der Waals surface area contributed by atoms with Gasteiger partial charge >= 0.3 is 5.91 Å². The van der Waals surface area contributed by atoms with Gasteiger partial charge in [-0.1, -0.05) is 15.9 Å². The molecule has 29 heavy (non-hydrogen) atoms. The lowest BCUT2D eigenvalue weighted by atomic mass is 10.2. The first kappa shape index (κ1) is 21.9. The normalized spacial score (nSPS) is 11.2. The summed E-state index contributed by atoms with van der Waals surface area (Å²) in [4.78, 5) is 12.4. The van der Waals surface area contributed by atoms with E-state index in [4.69, 9.17) is 13.9 Å². The van der Waals surface area contributed by atoms with E-state index in [2.05, 4.69) is 58.3 Å². The molecule has 9 heteroatoms. The summed E-state index contributed by atoms with van der Waals surface area (Å²) < 4.78 is 19.2. The van der Waals surface area contributed by atoms with Gasteiger partial charge in [0.15, 0.2) is 17.3 Å². The molecular formula is C20H17Br3N2O4. The SMILES string of the molecule is CCOc1cc(Br)c(/C=N\NC(=O)c2cc3cc(Br)cc(Br)c3o2)cc1OCC. The molecule has 0 fully saturated rings. The van der Waals surface area contributed by atoms with E-state index in [0.717, 1.165) is 24.4 Å². The Balaban J connectivity index is 1.78. The second kappa shape index (κ2) is 9.77. The van der Waals surface area contributed by atoms with Gasteiger partial charge in [0.2, 0.25) is 0 Å². The predicted octanol–water partition coefficient (Wildman–Crippen LogP) is 6.28. The minimum Gasteiger partial charge on any atom is -0.490 e. The first-order valence-corrected chi connectivity index (χ1v) is 11.1. The average molecular weight is 589 g/mol. The zero-order valence-electron chi connectivity index (χ0n) is 15.6. The van der Waals surface area contributed by atoms with Crippen molar-refractivity contribution in [1.82, 2.24) is 5.43 Å². The van der Waals surface area contributed by atoms with Gasteiger partial charge in [-0.25, -0.2) is 5.43 Å². The Morgan fingerprint density at radius 1 is 1.03 bits per heavy atom. The fourth-order valence-electron chi connectivity index (χ4n) is 2.59. The van der Waals surface area contributed by atoms with E-state index >= 15 is 0 Å². The number of benzene rings is 2. The third-order valence-corrected chi connectivity index (χ3v) is 5.53. The van der Waals surface area contributed by atoms with Crippen molar-refractivity contribution in [3.63, 3.8) is 0 Å². The van der Waals surface area contributed by atoms with Gasteiger partial charge < -0.3 is 13.9 Å². The van der Waals surface area contributed by atoms with E-state index in [9.17, 15) is 4.79 Å². The van der Waals surface area contributed by atoms with Crippen LogP contribution in [0.2, 0.25) is 0 Å². The monoisotopic (exact) mass is 586 g/mol. The van der Waals surface area contributed by atoms with Crippen LogP contribution in [-0.4, -0.2) is 25.3 Å². The third-order valence-electron chi connectivity index (χ3n) is 3.79. The summed E-state index contributed by atoms with van der Waals surface area (Å²) in [5.41, 5.74) is 3.80. The van der Waals surface area contributed by atoms with Crippen LogP contribution in [0.25, 0.3) is 11.0 Å². The highest BCUT2D eigenvalue weighted by atomic mass is 79.9. The Morgan fingerprint density at radius 3 is 2.41 bits per heavy atom. The Hall–Kier alpha value is -1.84. The number of ether oxygens (including phenoxy) is 2. The van der Waals surface area contributed by atoms with Crippen LogP contribution in [0.1, 0.15) is 30.0 Å². The quantitative estimate of drug-likeness (QED) is 0.260. The Morgan fingerprint density at radius 2 is 1.72 bits per heavy atom. The fraction of sp³-hybridized carbons (Fsp3) is 0.200. The summed E-state index contributed by atoms with van der Waals surface area (Å²) >= 11 is 10.3. The molecule has 0 unspecified atom stereocenters. The van der Waals surface area contributed by atoms with Gasteiger partial charge in [-0.15, -0.1) is 0 Å². The molecule has 0 radical (unpaired) electrons. The maximum absolute atomic E-state index is 12.4. The molecule has 1 heterocycles. The van der Waals surface area contributed by atoms with Crippen LogP contribution in [0.5, 0.6) is 11.5 Å². The third kappa shape index (κ3) is 5.21. The second-order valence-electron chi connectivity index (χ2n) is 5.80. The van der Waals surface area contributed by atoms with E-state index in [1.54, 1.807) is 12.1 Å². The number of hydrogen-bond acceptors (Lipinski definition) is 5. The van der Waals surface area contributed by atoms with Crippen molar-refractivity contribution in [2.45, 2.75) is 13.8 Å². The topological polar surface area (TPSA) is 73.1 Å². The van der Waals surface area contributed by atoms with Crippen LogP contribution >= 0.6 is 47.8 Å². The summed E-state index contributed by atoms with van der Waals surface area (Å²) in [7, 11) is 0. The van der Waals surface area contributed by atoms with E-state index in [0.29, 0.717) is 30.3 Å². The summed E-state index contributed by atoms with van der Waals surface area (Å²) in [5, 5.41) is 4.84. The lowest BCUT2D eigenvalue weighted by Gasteiger charge is -2.12. The molecule has 1 amide bonds. The number of carbonyl (C=O) groups is 1. The number of nitrogens with one attached hydrogen (secondary N) is 1. The van der Waals surface area contributed by atoms with Crippen LogP contribution in [0.4, 0.5) is 0 Å². The van der Waals surface area contributed by atoms with Crippen LogP contribution in [-0.2, 0) is 0 Å². The van der Waals surface area contributed by atoms with Crippen molar-refractivity contribution in [2.24, 2.45) is 5.10 Å². The van der Waals surface area contributed by atoms with Gasteiger partial charge in [0, 0.05) is 19.9 Å². The number of hydrogen-bond donors (Lipinski definition) is 1. The standard InChI is InChI=1S/C20H17Br3N2O4/c1-3-27-16-7-12(14(22)9-17(16)28-4-2)10-24-25-20(26)18-6-11-5-13(21)8-15(23)19(11)29-18/h5-10H,3-4H2,1-2H3,(H,25,26)/b24-10-. The van der Waals surface area contributed by atoms with Crippen LogP contribution < -0.4 is 14.9 Å². The minimum absolute atomic E-state index is 0.164. The first-order valence-electron chi connectivity index (χ1n) is 8.74. The zero-order chi connectivity index (χ0) is 21.0.